The summed E-state index contributed by atoms with van der Waals surface area (Å²) in [6.45, 7) is 10.5. The summed E-state index contributed by atoms with van der Waals surface area (Å²) >= 11 is 0. The Hall–Kier alpha value is -1.75. The molecule has 0 saturated carbocycles. The van der Waals surface area contributed by atoms with Gasteiger partial charge in [-0.25, -0.2) is 0 Å². The molecule has 5 nitrogen and oxygen atoms in total. The highest BCUT2D eigenvalue weighted by Gasteiger charge is 2.21. The van der Waals surface area contributed by atoms with E-state index < -0.39 is 6.10 Å². The number of ether oxygens (including phenoxy) is 2. The summed E-state index contributed by atoms with van der Waals surface area (Å²) < 4.78 is 10.9. The lowest BCUT2D eigenvalue weighted by molar-refractivity contribution is -0.127. The summed E-state index contributed by atoms with van der Waals surface area (Å²) in [6, 6.07) is 7.30. The minimum atomic E-state index is -0.526. The van der Waals surface area contributed by atoms with Gasteiger partial charge in [0.1, 0.15) is 11.5 Å². The molecule has 1 amide bonds. The number of piperidine rings is 1. The van der Waals surface area contributed by atoms with Gasteiger partial charge in [-0.15, -0.1) is 0 Å². The third kappa shape index (κ3) is 6.58. The molecular weight excluding hydrogens is 316 g/mol. The van der Waals surface area contributed by atoms with Crippen LogP contribution < -0.4 is 14.8 Å². The molecule has 1 aliphatic rings. The molecule has 1 N–H and O–H groups in total. The van der Waals surface area contributed by atoms with Crippen LogP contribution in [0.4, 0.5) is 0 Å². The lowest BCUT2D eigenvalue weighted by atomic mass is 9.92. The molecule has 1 heterocycles. The highest BCUT2D eigenvalue weighted by molar-refractivity contribution is 5.80. The normalized spacial score (nSPS) is 22.2. The zero-order valence-electron chi connectivity index (χ0n) is 16.0. The Morgan fingerprint density at radius 2 is 1.96 bits per heavy atom. The summed E-state index contributed by atoms with van der Waals surface area (Å²) in [7, 11) is 1.61. The van der Waals surface area contributed by atoms with Crippen molar-refractivity contribution >= 4 is 5.91 Å². The quantitative estimate of drug-likeness (QED) is 0.734. The average Bonchev–Trinajstić information content (AvgIpc) is 2.57. The van der Waals surface area contributed by atoms with Gasteiger partial charge in [0.05, 0.1) is 7.11 Å². The van der Waals surface area contributed by atoms with Crippen LogP contribution in [0.25, 0.3) is 0 Å². The Labute approximate surface area is 151 Å². The zero-order valence-corrected chi connectivity index (χ0v) is 16.0. The Bertz CT molecular complexity index is 539. The molecule has 5 heteroatoms. The van der Waals surface area contributed by atoms with Crippen molar-refractivity contribution < 1.29 is 14.3 Å². The van der Waals surface area contributed by atoms with E-state index in [1.54, 1.807) is 20.1 Å². The molecule has 1 fully saturated rings. The number of carbonyl (C=O) groups excluding carboxylic acids is 1. The van der Waals surface area contributed by atoms with Gasteiger partial charge >= 0.3 is 0 Å². The first-order chi connectivity index (χ1) is 12.0. The molecule has 1 saturated heterocycles. The zero-order chi connectivity index (χ0) is 18.2. The third-order valence-electron chi connectivity index (χ3n) is 4.62. The molecule has 0 aromatic heterocycles. The van der Waals surface area contributed by atoms with Crippen molar-refractivity contribution in [3.63, 3.8) is 0 Å². The number of hydrogen-bond acceptors (Lipinski definition) is 4. The maximum Gasteiger partial charge on any atom is 0.260 e. The van der Waals surface area contributed by atoms with Crippen LogP contribution in [0, 0.1) is 11.8 Å². The highest BCUT2D eigenvalue weighted by atomic mass is 16.5. The van der Waals surface area contributed by atoms with Gasteiger partial charge in [0.15, 0.2) is 6.10 Å². The molecule has 140 valence electrons. The van der Waals surface area contributed by atoms with E-state index >= 15 is 0 Å². The number of carbonyl (C=O) groups is 1. The Morgan fingerprint density at radius 3 is 2.64 bits per heavy atom. The standard InChI is InChI=1S/C20H32N2O3/c1-15-11-16(2)14-22(13-15)10-6-9-21-20(23)17(3)25-19-8-5-7-18(12-19)24-4/h5,7-8,12,15-17H,6,9-11,13-14H2,1-4H3,(H,21,23)/t15-,16-,17+/m1/s1. The fourth-order valence-corrected chi connectivity index (χ4v) is 3.56. The van der Waals surface area contributed by atoms with Crippen LogP contribution in [0.3, 0.4) is 0 Å². The summed E-state index contributed by atoms with van der Waals surface area (Å²) in [6.07, 6.45) is 1.77. The van der Waals surface area contributed by atoms with E-state index in [0.717, 1.165) is 30.6 Å². The van der Waals surface area contributed by atoms with Crippen molar-refractivity contribution in [1.82, 2.24) is 10.2 Å². The van der Waals surface area contributed by atoms with Crippen LogP contribution in [-0.4, -0.2) is 50.2 Å². The van der Waals surface area contributed by atoms with Crippen LogP contribution in [0.5, 0.6) is 11.5 Å². The van der Waals surface area contributed by atoms with Crippen molar-refractivity contribution in [3.8, 4) is 11.5 Å². The van der Waals surface area contributed by atoms with Gasteiger partial charge < -0.3 is 19.7 Å². The number of nitrogens with zero attached hydrogens (tertiary/aromatic N) is 1. The smallest absolute Gasteiger partial charge is 0.260 e. The van der Waals surface area contributed by atoms with Gasteiger partial charge in [-0.05, 0) is 50.3 Å². The van der Waals surface area contributed by atoms with Crippen molar-refractivity contribution in [1.29, 1.82) is 0 Å². The second-order valence-corrected chi connectivity index (χ2v) is 7.29. The van der Waals surface area contributed by atoms with E-state index in [0.29, 0.717) is 12.3 Å². The van der Waals surface area contributed by atoms with E-state index in [4.69, 9.17) is 9.47 Å². The summed E-state index contributed by atoms with van der Waals surface area (Å²) in [5.74, 6) is 2.82. The van der Waals surface area contributed by atoms with E-state index in [1.165, 1.54) is 19.5 Å². The molecule has 1 aliphatic heterocycles. The number of methoxy groups -OCH3 is 1. The van der Waals surface area contributed by atoms with Crippen molar-refractivity contribution in [2.75, 3.05) is 33.3 Å². The number of benzene rings is 1. The predicted molar refractivity (Wildman–Crippen MR) is 100 cm³/mol. The topological polar surface area (TPSA) is 50.8 Å². The molecule has 0 spiro atoms. The van der Waals surface area contributed by atoms with Crippen LogP contribution >= 0.6 is 0 Å². The van der Waals surface area contributed by atoms with Crippen LogP contribution in [0.1, 0.15) is 33.6 Å². The second-order valence-electron chi connectivity index (χ2n) is 7.29. The molecule has 3 atom stereocenters. The number of likely N-dealkylation sites (tertiary alicyclic amines) is 1. The first-order valence-electron chi connectivity index (χ1n) is 9.28. The summed E-state index contributed by atoms with van der Waals surface area (Å²) in [4.78, 5) is 14.7. The Morgan fingerprint density at radius 1 is 1.28 bits per heavy atom. The van der Waals surface area contributed by atoms with E-state index in [-0.39, 0.29) is 5.91 Å². The number of amides is 1. The molecule has 1 aromatic rings. The monoisotopic (exact) mass is 348 g/mol. The molecule has 0 bridgehead atoms. The van der Waals surface area contributed by atoms with Crippen LogP contribution in [0.15, 0.2) is 24.3 Å². The molecule has 25 heavy (non-hydrogen) atoms. The largest absolute Gasteiger partial charge is 0.497 e. The van der Waals surface area contributed by atoms with Gasteiger partial charge in [-0.2, -0.15) is 0 Å². The number of hydrogen-bond donors (Lipinski definition) is 1. The van der Waals surface area contributed by atoms with Crippen molar-refractivity contribution in [3.05, 3.63) is 24.3 Å². The fraction of sp³-hybridized carbons (Fsp3) is 0.650. The molecule has 0 unspecified atom stereocenters. The van der Waals surface area contributed by atoms with E-state index in [9.17, 15) is 4.79 Å². The summed E-state index contributed by atoms with van der Waals surface area (Å²) in [5.41, 5.74) is 0. The average molecular weight is 348 g/mol. The van der Waals surface area contributed by atoms with E-state index in [1.807, 2.05) is 18.2 Å². The fourth-order valence-electron chi connectivity index (χ4n) is 3.56. The SMILES string of the molecule is COc1cccc(O[C@@H](C)C(=O)NCCCN2C[C@H](C)C[C@@H](C)C2)c1. The molecule has 0 radical (unpaired) electrons. The first kappa shape index (κ1) is 19.6. The van der Waals surface area contributed by atoms with Crippen molar-refractivity contribution in [2.45, 2.75) is 39.7 Å². The maximum atomic E-state index is 12.2. The van der Waals surface area contributed by atoms with Gasteiger partial charge in [0.25, 0.3) is 5.91 Å². The third-order valence-corrected chi connectivity index (χ3v) is 4.62. The van der Waals surface area contributed by atoms with Gasteiger partial charge in [0, 0.05) is 25.7 Å². The maximum absolute atomic E-state index is 12.2. The number of nitrogens with one attached hydrogen (secondary N) is 1. The Kier molecular flexibility index (Phi) is 7.56. The predicted octanol–water partition coefficient (Wildman–Crippen LogP) is 2.95. The number of rotatable bonds is 8. The molecular formula is C20H32N2O3. The molecule has 1 aromatic carbocycles. The van der Waals surface area contributed by atoms with Gasteiger partial charge in [-0.1, -0.05) is 19.9 Å². The minimum Gasteiger partial charge on any atom is -0.497 e. The van der Waals surface area contributed by atoms with Crippen molar-refractivity contribution in [2.24, 2.45) is 11.8 Å². The lowest BCUT2D eigenvalue weighted by Crippen LogP contribution is -2.41. The Balaban J connectivity index is 1.67. The highest BCUT2D eigenvalue weighted by Crippen LogP contribution is 2.21. The van der Waals surface area contributed by atoms with Crippen LogP contribution in [0.2, 0.25) is 0 Å². The van der Waals surface area contributed by atoms with Crippen LogP contribution in [-0.2, 0) is 4.79 Å². The molecule has 2 rings (SSSR count). The summed E-state index contributed by atoms with van der Waals surface area (Å²) in [5, 5.41) is 2.97. The minimum absolute atomic E-state index is 0.0804. The van der Waals surface area contributed by atoms with Gasteiger partial charge in [-0.3, -0.25) is 4.79 Å². The first-order valence-corrected chi connectivity index (χ1v) is 9.28. The second kappa shape index (κ2) is 9.66. The van der Waals surface area contributed by atoms with Gasteiger partial charge in [0.2, 0.25) is 0 Å². The van der Waals surface area contributed by atoms with E-state index in [2.05, 4.69) is 24.1 Å². The molecule has 0 aliphatic carbocycles. The lowest BCUT2D eigenvalue weighted by Gasteiger charge is -2.34.